The summed E-state index contributed by atoms with van der Waals surface area (Å²) in [5.74, 6) is -1.27. The molecule has 1 atom stereocenters. The summed E-state index contributed by atoms with van der Waals surface area (Å²) in [4.78, 5) is 24.8. The predicted octanol–water partition coefficient (Wildman–Crippen LogP) is 2.86. The Hall–Kier alpha value is -1.36. The maximum atomic E-state index is 12.0. The minimum atomic E-state index is -0.989. The standard InChI is InChI=1S/C14H21NO3S/c1-4-7-11-9(5-2)8-12(19-11)13(16)15-10(6-3)14(17)18/h8,10H,4-7H2,1-3H3,(H,15,16)(H,17,18)/t10-/m0/s1. The smallest absolute Gasteiger partial charge is 0.326 e. The van der Waals surface area contributed by atoms with Gasteiger partial charge >= 0.3 is 5.97 Å². The summed E-state index contributed by atoms with van der Waals surface area (Å²) in [5, 5.41) is 11.5. The highest BCUT2D eigenvalue weighted by molar-refractivity contribution is 7.14. The highest BCUT2D eigenvalue weighted by Gasteiger charge is 2.20. The van der Waals surface area contributed by atoms with E-state index in [1.807, 2.05) is 6.07 Å². The van der Waals surface area contributed by atoms with E-state index in [2.05, 4.69) is 19.2 Å². The van der Waals surface area contributed by atoms with E-state index in [9.17, 15) is 9.59 Å². The van der Waals surface area contributed by atoms with Crippen LogP contribution in [-0.2, 0) is 17.6 Å². The van der Waals surface area contributed by atoms with Crippen LogP contribution >= 0.6 is 11.3 Å². The molecule has 2 N–H and O–H groups in total. The molecule has 0 bridgehead atoms. The van der Waals surface area contributed by atoms with E-state index < -0.39 is 12.0 Å². The van der Waals surface area contributed by atoms with E-state index in [4.69, 9.17) is 5.11 Å². The Labute approximate surface area is 117 Å². The van der Waals surface area contributed by atoms with Crippen molar-refractivity contribution in [3.05, 3.63) is 21.4 Å². The third kappa shape index (κ3) is 4.06. The number of carbonyl (C=O) groups is 2. The lowest BCUT2D eigenvalue weighted by Crippen LogP contribution is -2.39. The maximum Gasteiger partial charge on any atom is 0.326 e. The van der Waals surface area contributed by atoms with Crippen molar-refractivity contribution >= 4 is 23.2 Å². The Kier molecular flexibility index (Phi) is 6.02. The molecule has 1 aromatic heterocycles. The van der Waals surface area contributed by atoms with Crippen LogP contribution in [0.5, 0.6) is 0 Å². The van der Waals surface area contributed by atoms with E-state index in [-0.39, 0.29) is 5.91 Å². The molecule has 0 aliphatic carbocycles. The fraction of sp³-hybridized carbons (Fsp3) is 0.571. The zero-order valence-corrected chi connectivity index (χ0v) is 12.5. The molecule has 106 valence electrons. The number of nitrogens with one attached hydrogen (secondary N) is 1. The first-order valence-electron chi connectivity index (χ1n) is 6.68. The third-order valence-electron chi connectivity index (χ3n) is 2.99. The summed E-state index contributed by atoms with van der Waals surface area (Å²) < 4.78 is 0. The van der Waals surface area contributed by atoms with Crippen molar-refractivity contribution in [2.45, 2.75) is 52.5 Å². The molecular weight excluding hydrogens is 262 g/mol. The summed E-state index contributed by atoms with van der Waals surface area (Å²) in [6, 6.07) is 1.08. The number of thiophene rings is 1. The van der Waals surface area contributed by atoms with Crippen LogP contribution < -0.4 is 5.32 Å². The van der Waals surface area contributed by atoms with Gasteiger partial charge in [0.15, 0.2) is 0 Å². The van der Waals surface area contributed by atoms with Gasteiger partial charge in [-0.25, -0.2) is 4.79 Å². The van der Waals surface area contributed by atoms with E-state index in [0.717, 1.165) is 19.3 Å². The predicted molar refractivity (Wildman–Crippen MR) is 76.9 cm³/mol. The van der Waals surface area contributed by atoms with Gasteiger partial charge in [0.2, 0.25) is 0 Å². The van der Waals surface area contributed by atoms with Gasteiger partial charge in [0.25, 0.3) is 5.91 Å². The molecule has 4 nitrogen and oxygen atoms in total. The molecular formula is C14H21NO3S. The molecule has 1 heterocycles. The average Bonchev–Trinajstić information content (AvgIpc) is 2.79. The van der Waals surface area contributed by atoms with Crippen molar-refractivity contribution in [1.82, 2.24) is 5.32 Å². The monoisotopic (exact) mass is 283 g/mol. The number of aliphatic carboxylic acids is 1. The quantitative estimate of drug-likeness (QED) is 0.808. The first-order chi connectivity index (χ1) is 9.03. The van der Waals surface area contributed by atoms with Gasteiger partial charge in [-0.2, -0.15) is 0 Å². The number of aryl methyl sites for hydroxylation is 2. The number of carboxylic acid groups (broad SMARTS) is 1. The highest BCUT2D eigenvalue weighted by atomic mass is 32.1. The summed E-state index contributed by atoms with van der Waals surface area (Å²) in [7, 11) is 0. The van der Waals surface area contributed by atoms with Gasteiger partial charge < -0.3 is 10.4 Å². The number of hydrogen-bond donors (Lipinski definition) is 2. The second-order valence-electron chi connectivity index (χ2n) is 4.44. The highest BCUT2D eigenvalue weighted by Crippen LogP contribution is 2.24. The zero-order chi connectivity index (χ0) is 14.4. The van der Waals surface area contributed by atoms with E-state index in [1.54, 1.807) is 6.92 Å². The van der Waals surface area contributed by atoms with Gasteiger partial charge in [-0.05, 0) is 30.9 Å². The van der Waals surface area contributed by atoms with Gasteiger partial charge in [0, 0.05) is 4.88 Å². The Morgan fingerprint density at radius 3 is 2.53 bits per heavy atom. The van der Waals surface area contributed by atoms with Gasteiger partial charge in [-0.1, -0.05) is 27.2 Å². The van der Waals surface area contributed by atoms with Gasteiger partial charge in [0.05, 0.1) is 4.88 Å². The van der Waals surface area contributed by atoms with Crippen LogP contribution in [-0.4, -0.2) is 23.0 Å². The van der Waals surface area contributed by atoms with Gasteiger partial charge in [-0.3, -0.25) is 4.79 Å². The van der Waals surface area contributed by atoms with E-state index in [0.29, 0.717) is 11.3 Å². The fourth-order valence-corrected chi connectivity index (χ4v) is 3.14. The molecule has 1 aromatic rings. The first-order valence-corrected chi connectivity index (χ1v) is 7.50. The summed E-state index contributed by atoms with van der Waals surface area (Å²) in [6.45, 7) is 5.92. The fourth-order valence-electron chi connectivity index (χ4n) is 1.88. The molecule has 0 spiro atoms. The van der Waals surface area contributed by atoms with Crippen LogP contribution in [0.4, 0.5) is 0 Å². The van der Waals surface area contributed by atoms with Crippen molar-refractivity contribution in [3.8, 4) is 0 Å². The Morgan fingerprint density at radius 2 is 2.05 bits per heavy atom. The maximum absolute atomic E-state index is 12.0. The molecule has 1 rings (SSSR count). The Balaban J connectivity index is 2.84. The van der Waals surface area contributed by atoms with Gasteiger partial charge in [-0.15, -0.1) is 11.3 Å². The topological polar surface area (TPSA) is 66.4 Å². The normalized spacial score (nSPS) is 12.2. The van der Waals surface area contributed by atoms with Crippen LogP contribution in [0.15, 0.2) is 6.07 Å². The number of rotatable bonds is 7. The largest absolute Gasteiger partial charge is 0.480 e. The molecule has 0 unspecified atom stereocenters. The number of carbonyl (C=O) groups excluding carboxylic acids is 1. The third-order valence-corrected chi connectivity index (χ3v) is 4.23. The second kappa shape index (κ2) is 7.28. The van der Waals surface area contributed by atoms with Crippen molar-refractivity contribution in [2.75, 3.05) is 0 Å². The van der Waals surface area contributed by atoms with Crippen molar-refractivity contribution in [2.24, 2.45) is 0 Å². The summed E-state index contributed by atoms with van der Waals surface area (Å²) in [6.07, 6.45) is 3.29. The molecule has 1 amide bonds. The summed E-state index contributed by atoms with van der Waals surface area (Å²) >= 11 is 1.48. The molecule has 0 saturated heterocycles. The second-order valence-corrected chi connectivity index (χ2v) is 5.57. The lowest BCUT2D eigenvalue weighted by Gasteiger charge is -2.10. The molecule has 0 fully saturated rings. The van der Waals surface area contributed by atoms with Crippen molar-refractivity contribution in [1.29, 1.82) is 0 Å². The van der Waals surface area contributed by atoms with Crippen molar-refractivity contribution < 1.29 is 14.7 Å². The molecule has 0 aliphatic rings. The van der Waals surface area contributed by atoms with Gasteiger partial charge in [0.1, 0.15) is 6.04 Å². The zero-order valence-electron chi connectivity index (χ0n) is 11.7. The molecule has 0 aromatic carbocycles. The SMILES string of the molecule is CCCc1sc(C(=O)N[C@@H](CC)C(=O)O)cc1CC. The molecule has 0 saturated carbocycles. The van der Waals surface area contributed by atoms with E-state index >= 15 is 0 Å². The van der Waals surface area contributed by atoms with Crippen LogP contribution in [0.25, 0.3) is 0 Å². The summed E-state index contributed by atoms with van der Waals surface area (Å²) in [5.41, 5.74) is 1.19. The lowest BCUT2D eigenvalue weighted by atomic mass is 10.1. The minimum absolute atomic E-state index is 0.281. The molecule has 5 heteroatoms. The van der Waals surface area contributed by atoms with Crippen LogP contribution in [0.2, 0.25) is 0 Å². The lowest BCUT2D eigenvalue weighted by molar-refractivity contribution is -0.139. The number of carboxylic acids is 1. The Bertz CT molecular complexity index is 454. The molecule has 0 radical (unpaired) electrons. The van der Waals surface area contributed by atoms with Crippen LogP contribution in [0.1, 0.15) is 53.7 Å². The van der Waals surface area contributed by atoms with Crippen LogP contribution in [0.3, 0.4) is 0 Å². The number of hydrogen-bond acceptors (Lipinski definition) is 3. The number of amides is 1. The first kappa shape index (κ1) is 15.7. The van der Waals surface area contributed by atoms with Crippen molar-refractivity contribution in [3.63, 3.8) is 0 Å². The average molecular weight is 283 g/mol. The minimum Gasteiger partial charge on any atom is -0.480 e. The van der Waals surface area contributed by atoms with Crippen LogP contribution in [0, 0.1) is 0 Å². The van der Waals surface area contributed by atoms with E-state index in [1.165, 1.54) is 21.8 Å². The molecule has 0 aliphatic heterocycles. The molecule has 19 heavy (non-hydrogen) atoms. The Morgan fingerprint density at radius 1 is 1.37 bits per heavy atom.